The van der Waals surface area contributed by atoms with Crippen LogP contribution in [0.1, 0.15) is 30.7 Å². The van der Waals surface area contributed by atoms with Crippen molar-refractivity contribution in [1.29, 1.82) is 0 Å². The van der Waals surface area contributed by atoms with E-state index in [1.165, 1.54) is 0 Å². The number of aryl methyl sites for hydroxylation is 2. The second-order valence-electron chi connectivity index (χ2n) is 4.37. The van der Waals surface area contributed by atoms with Gasteiger partial charge in [-0.3, -0.25) is 0 Å². The van der Waals surface area contributed by atoms with Crippen LogP contribution in [0.2, 0.25) is 0 Å². The molecule has 0 aliphatic carbocycles. The van der Waals surface area contributed by atoms with E-state index in [0.29, 0.717) is 18.4 Å². The monoisotopic (exact) mass is 270 g/mol. The van der Waals surface area contributed by atoms with Gasteiger partial charge in [-0.1, -0.05) is 13.8 Å². The van der Waals surface area contributed by atoms with Gasteiger partial charge in [0.1, 0.15) is 6.61 Å². The number of likely N-dealkylation sites (N-methyl/N-ethyl adjacent to an activating group) is 1. The van der Waals surface area contributed by atoms with Gasteiger partial charge in [-0.05, 0) is 38.6 Å². The summed E-state index contributed by atoms with van der Waals surface area (Å²) in [6, 6.07) is 2.04. The lowest BCUT2D eigenvalue weighted by molar-refractivity contribution is 0.216. The normalized spacial score (nSPS) is 11.0. The lowest BCUT2D eigenvalue weighted by atomic mass is 10.1. The van der Waals surface area contributed by atoms with Crippen molar-refractivity contribution in [2.75, 3.05) is 26.2 Å². The molecule has 0 N–H and O–H groups in total. The SMILES string of the molecule is CCN(CC)CCOc1nc(C)cc(C)c1CCl. The molecule has 0 aliphatic heterocycles. The molecule has 0 atom stereocenters. The molecule has 1 heterocycles. The highest BCUT2D eigenvalue weighted by Gasteiger charge is 2.09. The summed E-state index contributed by atoms with van der Waals surface area (Å²) in [7, 11) is 0. The standard InChI is InChI=1S/C14H23ClN2O/c1-5-17(6-2)7-8-18-14-13(10-15)11(3)9-12(4)16-14/h9H,5-8,10H2,1-4H3. The average Bonchev–Trinajstić information content (AvgIpc) is 2.34. The third-order valence-electron chi connectivity index (χ3n) is 3.11. The van der Waals surface area contributed by atoms with Crippen molar-refractivity contribution >= 4 is 11.6 Å². The highest BCUT2D eigenvalue weighted by atomic mass is 35.5. The van der Waals surface area contributed by atoms with Crippen LogP contribution in [0, 0.1) is 13.8 Å². The molecule has 0 unspecified atom stereocenters. The molecule has 0 amide bonds. The van der Waals surface area contributed by atoms with Crippen LogP contribution in [0.15, 0.2) is 6.07 Å². The van der Waals surface area contributed by atoms with Gasteiger partial charge in [-0.2, -0.15) is 0 Å². The summed E-state index contributed by atoms with van der Waals surface area (Å²) in [6.45, 7) is 12.0. The third-order valence-corrected chi connectivity index (χ3v) is 3.38. The quantitative estimate of drug-likeness (QED) is 0.712. The predicted octanol–water partition coefficient (Wildman–Crippen LogP) is 3.16. The van der Waals surface area contributed by atoms with Gasteiger partial charge in [0.15, 0.2) is 0 Å². The van der Waals surface area contributed by atoms with Crippen molar-refractivity contribution < 1.29 is 4.74 Å². The zero-order valence-electron chi connectivity index (χ0n) is 11.8. The van der Waals surface area contributed by atoms with Crippen LogP contribution in [0.25, 0.3) is 0 Å². The first kappa shape index (κ1) is 15.3. The summed E-state index contributed by atoms with van der Waals surface area (Å²) in [4.78, 5) is 6.75. The number of nitrogens with zero attached hydrogens (tertiary/aromatic N) is 2. The number of hydrogen-bond donors (Lipinski definition) is 0. The summed E-state index contributed by atoms with van der Waals surface area (Å²) < 4.78 is 5.79. The van der Waals surface area contributed by atoms with Gasteiger partial charge in [0.05, 0.1) is 5.88 Å². The zero-order valence-corrected chi connectivity index (χ0v) is 12.5. The molecular weight excluding hydrogens is 248 g/mol. The van der Waals surface area contributed by atoms with E-state index in [4.69, 9.17) is 16.3 Å². The summed E-state index contributed by atoms with van der Waals surface area (Å²) in [5.41, 5.74) is 3.12. The molecule has 0 fully saturated rings. The summed E-state index contributed by atoms with van der Waals surface area (Å²) in [5.74, 6) is 1.13. The Morgan fingerprint density at radius 2 is 1.94 bits per heavy atom. The number of halogens is 1. The molecule has 1 aromatic rings. The fraction of sp³-hybridized carbons (Fsp3) is 0.643. The Hall–Kier alpha value is -0.800. The maximum Gasteiger partial charge on any atom is 0.218 e. The molecule has 1 aromatic heterocycles. The Labute approximate surface area is 115 Å². The highest BCUT2D eigenvalue weighted by molar-refractivity contribution is 6.17. The molecule has 0 saturated carbocycles. The topological polar surface area (TPSA) is 25.4 Å². The van der Waals surface area contributed by atoms with Gasteiger partial charge in [0, 0.05) is 17.8 Å². The number of rotatable bonds is 7. The zero-order chi connectivity index (χ0) is 13.5. The third kappa shape index (κ3) is 4.14. The van der Waals surface area contributed by atoms with E-state index < -0.39 is 0 Å². The molecule has 0 bridgehead atoms. The molecule has 18 heavy (non-hydrogen) atoms. The Balaban J connectivity index is 2.66. The number of ether oxygens (including phenoxy) is 1. The molecule has 0 aliphatic rings. The van der Waals surface area contributed by atoms with Crippen molar-refractivity contribution in [3.8, 4) is 5.88 Å². The number of aromatic nitrogens is 1. The molecule has 0 aromatic carbocycles. The van der Waals surface area contributed by atoms with Gasteiger partial charge < -0.3 is 9.64 Å². The first-order valence-corrected chi connectivity index (χ1v) is 7.04. The first-order valence-electron chi connectivity index (χ1n) is 6.50. The molecule has 4 heteroatoms. The fourth-order valence-corrected chi connectivity index (χ4v) is 2.25. The maximum absolute atomic E-state index is 5.96. The molecule has 0 radical (unpaired) electrons. The smallest absolute Gasteiger partial charge is 0.218 e. The molecular formula is C14H23ClN2O. The fourth-order valence-electron chi connectivity index (χ4n) is 1.92. The van der Waals surface area contributed by atoms with E-state index in [1.54, 1.807) is 0 Å². The van der Waals surface area contributed by atoms with Crippen LogP contribution in [-0.4, -0.2) is 36.1 Å². The van der Waals surface area contributed by atoms with Crippen LogP contribution in [-0.2, 0) is 5.88 Å². The Bertz CT molecular complexity index is 378. The van der Waals surface area contributed by atoms with Crippen LogP contribution >= 0.6 is 11.6 Å². The first-order chi connectivity index (χ1) is 8.62. The number of pyridine rings is 1. The van der Waals surface area contributed by atoms with E-state index in [0.717, 1.165) is 36.5 Å². The minimum Gasteiger partial charge on any atom is -0.476 e. The largest absolute Gasteiger partial charge is 0.476 e. The highest BCUT2D eigenvalue weighted by Crippen LogP contribution is 2.22. The van der Waals surface area contributed by atoms with Crippen LogP contribution in [0.5, 0.6) is 5.88 Å². The van der Waals surface area contributed by atoms with E-state index in [1.807, 2.05) is 19.9 Å². The molecule has 0 spiro atoms. The second kappa shape index (κ2) is 7.59. The van der Waals surface area contributed by atoms with E-state index in [2.05, 4.69) is 23.7 Å². The Kier molecular flexibility index (Phi) is 6.44. The Morgan fingerprint density at radius 3 is 2.50 bits per heavy atom. The minimum absolute atomic E-state index is 0.444. The van der Waals surface area contributed by atoms with Crippen molar-refractivity contribution in [3.63, 3.8) is 0 Å². The number of hydrogen-bond acceptors (Lipinski definition) is 3. The van der Waals surface area contributed by atoms with Gasteiger partial charge in [-0.15, -0.1) is 11.6 Å². The summed E-state index contributed by atoms with van der Waals surface area (Å²) >= 11 is 5.96. The van der Waals surface area contributed by atoms with Crippen LogP contribution in [0.4, 0.5) is 0 Å². The van der Waals surface area contributed by atoms with Gasteiger partial charge >= 0.3 is 0 Å². The molecule has 0 saturated heterocycles. The molecule has 102 valence electrons. The van der Waals surface area contributed by atoms with Gasteiger partial charge in [0.2, 0.25) is 5.88 Å². The molecule has 3 nitrogen and oxygen atoms in total. The average molecular weight is 271 g/mol. The van der Waals surface area contributed by atoms with Crippen molar-refractivity contribution in [2.24, 2.45) is 0 Å². The van der Waals surface area contributed by atoms with Gasteiger partial charge in [0.25, 0.3) is 0 Å². The van der Waals surface area contributed by atoms with E-state index in [-0.39, 0.29) is 0 Å². The van der Waals surface area contributed by atoms with Crippen molar-refractivity contribution in [3.05, 3.63) is 22.9 Å². The van der Waals surface area contributed by atoms with E-state index >= 15 is 0 Å². The second-order valence-corrected chi connectivity index (χ2v) is 4.64. The number of alkyl halides is 1. The predicted molar refractivity (Wildman–Crippen MR) is 76.6 cm³/mol. The molecule has 1 rings (SSSR count). The summed E-state index contributed by atoms with van der Waals surface area (Å²) in [6.07, 6.45) is 0. The maximum atomic E-state index is 5.96. The van der Waals surface area contributed by atoms with Gasteiger partial charge in [-0.25, -0.2) is 4.98 Å². The van der Waals surface area contributed by atoms with Crippen LogP contribution < -0.4 is 4.74 Å². The summed E-state index contributed by atoms with van der Waals surface area (Å²) in [5, 5.41) is 0. The Morgan fingerprint density at radius 1 is 1.28 bits per heavy atom. The van der Waals surface area contributed by atoms with Crippen molar-refractivity contribution in [1.82, 2.24) is 9.88 Å². The lowest BCUT2D eigenvalue weighted by Crippen LogP contribution is -2.28. The minimum atomic E-state index is 0.444. The van der Waals surface area contributed by atoms with Crippen LogP contribution in [0.3, 0.4) is 0 Å². The van der Waals surface area contributed by atoms with E-state index in [9.17, 15) is 0 Å². The lowest BCUT2D eigenvalue weighted by Gasteiger charge is -2.19. The van der Waals surface area contributed by atoms with Crippen molar-refractivity contribution in [2.45, 2.75) is 33.6 Å².